The van der Waals surface area contributed by atoms with Gasteiger partial charge < -0.3 is 5.73 Å². The summed E-state index contributed by atoms with van der Waals surface area (Å²) in [6, 6.07) is 3.81. The lowest BCUT2D eigenvalue weighted by atomic mass is 10.0. The van der Waals surface area contributed by atoms with Gasteiger partial charge in [-0.2, -0.15) is 13.2 Å². The number of nitrogens with two attached hydrogens (primary N) is 1. The summed E-state index contributed by atoms with van der Waals surface area (Å²) in [6.07, 6.45) is -5.34. The average Bonchev–Trinajstić information content (AvgIpc) is 2.17. The highest BCUT2D eigenvalue weighted by Gasteiger charge is 2.28. The molecule has 98 valence electrons. The summed E-state index contributed by atoms with van der Waals surface area (Å²) in [5, 5.41) is 0.737. The van der Waals surface area contributed by atoms with Gasteiger partial charge in [0.15, 0.2) is 0 Å². The molecule has 0 aliphatic rings. The second-order valence-electron chi connectivity index (χ2n) is 3.43. The summed E-state index contributed by atoms with van der Waals surface area (Å²) in [5.74, 6) is 0. The predicted octanol–water partition coefficient (Wildman–Crippen LogP) is 4.76. The Hall–Kier alpha value is -0.160. The Balaban J connectivity index is 0.00000256. The van der Waals surface area contributed by atoms with E-state index in [1.165, 1.54) is 12.1 Å². The Morgan fingerprint density at radius 3 is 2.35 bits per heavy atom. The van der Waals surface area contributed by atoms with Gasteiger partial charge in [-0.3, -0.25) is 0 Å². The summed E-state index contributed by atoms with van der Waals surface area (Å²) >= 11 is 11.5. The fraction of sp³-hybridized carbons (Fsp3) is 0.400. The molecule has 0 unspecified atom stereocenters. The van der Waals surface area contributed by atoms with Crippen LogP contribution in [0.2, 0.25) is 10.0 Å². The highest BCUT2D eigenvalue weighted by Crippen LogP contribution is 2.30. The van der Waals surface area contributed by atoms with Crippen LogP contribution in [0.3, 0.4) is 0 Å². The van der Waals surface area contributed by atoms with Crippen molar-refractivity contribution in [2.45, 2.75) is 25.1 Å². The predicted molar refractivity (Wildman–Crippen MR) is 65.9 cm³/mol. The van der Waals surface area contributed by atoms with E-state index in [2.05, 4.69) is 0 Å². The second kappa shape index (κ2) is 6.69. The summed E-state index contributed by atoms with van der Waals surface area (Å²) in [5.41, 5.74) is 6.07. The summed E-state index contributed by atoms with van der Waals surface area (Å²) in [4.78, 5) is 0. The second-order valence-corrected chi connectivity index (χ2v) is 4.27. The van der Waals surface area contributed by atoms with Gasteiger partial charge in [0, 0.05) is 22.5 Å². The van der Waals surface area contributed by atoms with Gasteiger partial charge in [0.2, 0.25) is 0 Å². The third kappa shape index (κ3) is 5.82. The van der Waals surface area contributed by atoms with E-state index >= 15 is 0 Å². The van der Waals surface area contributed by atoms with Crippen molar-refractivity contribution < 1.29 is 13.2 Å². The molecule has 2 N–H and O–H groups in total. The quantitative estimate of drug-likeness (QED) is 0.856. The minimum atomic E-state index is -4.21. The van der Waals surface area contributed by atoms with Crippen molar-refractivity contribution in [1.29, 1.82) is 0 Å². The molecular weight excluding hydrogens is 297 g/mol. The molecule has 0 saturated carbocycles. The van der Waals surface area contributed by atoms with E-state index in [-0.39, 0.29) is 18.8 Å². The molecular formula is C10H11Cl3F3N. The van der Waals surface area contributed by atoms with Crippen LogP contribution < -0.4 is 5.73 Å². The van der Waals surface area contributed by atoms with Crippen LogP contribution in [0.5, 0.6) is 0 Å². The smallest absolute Gasteiger partial charge is 0.324 e. The van der Waals surface area contributed by atoms with Crippen LogP contribution >= 0.6 is 35.6 Å². The standard InChI is InChI=1S/C10H10Cl2F3N.ClH/c11-6-1-2-8(12)7(5-6)9(16)3-4-10(13,14)15;/h1-2,5,9H,3-4,16H2;1H/t9-;/m0./s1. The lowest BCUT2D eigenvalue weighted by molar-refractivity contribution is -0.136. The first-order chi connectivity index (χ1) is 7.29. The molecule has 1 atom stereocenters. The minimum absolute atomic E-state index is 0. The first kappa shape index (κ1) is 16.8. The number of benzene rings is 1. The molecule has 0 aliphatic carbocycles. The van der Waals surface area contributed by atoms with Gasteiger partial charge >= 0.3 is 6.18 Å². The molecule has 1 rings (SSSR count). The summed E-state index contributed by atoms with van der Waals surface area (Å²) in [7, 11) is 0. The SMILES string of the molecule is Cl.N[C@@H](CCC(F)(F)F)c1cc(Cl)ccc1Cl. The molecule has 0 heterocycles. The molecule has 1 aromatic carbocycles. The van der Waals surface area contributed by atoms with Crippen molar-refractivity contribution in [1.82, 2.24) is 0 Å². The van der Waals surface area contributed by atoms with Crippen molar-refractivity contribution >= 4 is 35.6 Å². The molecule has 1 aromatic rings. The van der Waals surface area contributed by atoms with Crippen LogP contribution in [0.4, 0.5) is 13.2 Å². The van der Waals surface area contributed by atoms with Crippen molar-refractivity contribution in [3.63, 3.8) is 0 Å². The summed E-state index contributed by atoms with van der Waals surface area (Å²) < 4.78 is 36.0. The highest BCUT2D eigenvalue weighted by molar-refractivity contribution is 6.33. The van der Waals surface area contributed by atoms with Crippen molar-refractivity contribution in [2.24, 2.45) is 5.73 Å². The van der Waals surface area contributed by atoms with Crippen LogP contribution in [0.15, 0.2) is 18.2 Å². The summed E-state index contributed by atoms with van der Waals surface area (Å²) in [6.45, 7) is 0. The molecule has 1 nitrogen and oxygen atoms in total. The van der Waals surface area contributed by atoms with E-state index in [0.717, 1.165) is 0 Å². The topological polar surface area (TPSA) is 26.0 Å². The largest absolute Gasteiger partial charge is 0.389 e. The lowest BCUT2D eigenvalue weighted by Crippen LogP contribution is -2.16. The van der Waals surface area contributed by atoms with E-state index in [1.54, 1.807) is 6.07 Å². The zero-order valence-electron chi connectivity index (χ0n) is 8.60. The highest BCUT2D eigenvalue weighted by atomic mass is 35.5. The number of hydrogen-bond acceptors (Lipinski definition) is 1. The van der Waals surface area contributed by atoms with Gasteiger partial charge in [0.25, 0.3) is 0 Å². The minimum Gasteiger partial charge on any atom is -0.324 e. The van der Waals surface area contributed by atoms with Gasteiger partial charge in [-0.25, -0.2) is 0 Å². The Morgan fingerprint density at radius 1 is 1.24 bits per heavy atom. The van der Waals surface area contributed by atoms with Gasteiger partial charge in [-0.05, 0) is 30.2 Å². The van der Waals surface area contributed by atoms with Crippen LogP contribution in [0.25, 0.3) is 0 Å². The molecule has 7 heteroatoms. The van der Waals surface area contributed by atoms with E-state index in [0.29, 0.717) is 15.6 Å². The monoisotopic (exact) mass is 307 g/mol. The number of rotatable bonds is 3. The van der Waals surface area contributed by atoms with Crippen molar-refractivity contribution in [3.05, 3.63) is 33.8 Å². The first-order valence-electron chi connectivity index (χ1n) is 4.57. The third-order valence-electron chi connectivity index (χ3n) is 2.10. The Kier molecular flexibility index (Phi) is 6.62. The maximum Gasteiger partial charge on any atom is 0.389 e. The Morgan fingerprint density at radius 2 is 1.82 bits per heavy atom. The number of halogens is 6. The Labute approximate surface area is 113 Å². The molecule has 0 amide bonds. The van der Waals surface area contributed by atoms with E-state index in [9.17, 15) is 13.2 Å². The van der Waals surface area contributed by atoms with Crippen LogP contribution in [-0.4, -0.2) is 6.18 Å². The molecule has 0 aromatic heterocycles. The van der Waals surface area contributed by atoms with E-state index < -0.39 is 18.6 Å². The van der Waals surface area contributed by atoms with Gasteiger partial charge in [0.05, 0.1) is 0 Å². The maximum atomic E-state index is 12.0. The molecule has 0 saturated heterocycles. The molecule has 0 aliphatic heterocycles. The first-order valence-corrected chi connectivity index (χ1v) is 5.32. The van der Waals surface area contributed by atoms with E-state index in [4.69, 9.17) is 28.9 Å². The molecule has 0 spiro atoms. The fourth-order valence-electron chi connectivity index (χ4n) is 1.27. The lowest BCUT2D eigenvalue weighted by Gasteiger charge is -2.15. The van der Waals surface area contributed by atoms with Gasteiger partial charge in [0.1, 0.15) is 0 Å². The molecule has 0 bridgehead atoms. The normalized spacial score (nSPS) is 13.1. The van der Waals surface area contributed by atoms with Crippen LogP contribution in [0.1, 0.15) is 24.4 Å². The van der Waals surface area contributed by atoms with E-state index in [1.807, 2.05) is 0 Å². The molecule has 0 fully saturated rings. The zero-order valence-corrected chi connectivity index (χ0v) is 10.9. The fourth-order valence-corrected chi connectivity index (χ4v) is 1.71. The van der Waals surface area contributed by atoms with Crippen LogP contribution in [0, 0.1) is 0 Å². The molecule has 17 heavy (non-hydrogen) atoms. The number of hydrogen-bond donors (Lipinski definition) is 1. The third-order valence-corrected chi connectivity index (χ3v) is 2.68. The van der Waals surface area contributed by atoms with Crippen molar-refractivity contribution in [3.8, 4) is 0 Å². The number of alkyl halides is 3. The van der Waals surface area contributed by atoms with Crippen LogP contribution in [-0.2, 0) is 0 Å². The maximum absolute atomic E-state index is 12.0. The van der Waals surface area contributed by atoms with Gasteiger partial charge in [-0.15, -0.1) is 12.4 Å². The Bertz CT molecular complexity index is 368. The van der Waals surface area contributed by atoms with Crippen molar-refractivity contribution in [2.75, 3.05) is 0 Å². The zero-order chi connectivity index (χ0) is 12.3. The average molecular weight is 309 g/mol. The van der Waals surface area contributed by atoms with Gasteiger partial charge in [-0.1, -0.05) is 23.2 Å². The molecule has 0 radical (unpaired) electrons.